The minimum Gasteiger partial charge on any atom is -0.142 e. The second-order valence-corrected chi connectivity index (χ2v) is 12.3. The first kappa shape index (κ1) is 20.5. The Bertz CT molecular complexity index is 351. The van der Waals surface area contributed by atoms with Gasteiger partial charge in [0.05, 0.1) is 4.58 Å². The van der Waals surface area contributed by atoms with Gasteiger partial charge in [0.1, 0.15) is 0 Å². The van der Waals surface area contributed by atoms with Crippen LogP contribution in [0, 0.1) is 22.7 Å². The highest BCUT2D eigenvalue weighted by atomic mass is 32.2. The zero-order valence-electron chi connectivity index (χ0n) is 16.2. The molecule has 130 valence electrons. The van der Waals surface area contributed by atoms with Crippen LogP contribution in [0.4, 0.5) is 0 Å². The van der Waals surface area contributed by atoms with Crippen molar-refractivity contribution in [3.63, 3.8) is 0 Å². The van der Waals surface area contributed by atoms with Gasteiger partial charge >= 0.3 is 0 Å². The highest BCUT2D eigenvalue weighted by molar-refractivity contribution is 8.20. The van der Waals surface area contributed by atoms with Crippen molar-refractivity contribution in [3.05, 3.63) is 11.6 Å². The minimum absolute atomic E-state index is 0.420. The molecule has 2 atom stereocenters. The molecule has 1 aliphatic rings. The first-order valence-electron chi connectivity index (χ1n) is 8.91. The summed E-state index contributed by atoms with van der Waals surface area (Å²) in [7, 11) is 0. The molecular weight excluding hydrogens is 304 g/mol. The van der Waals surface area contributed by atoms with Crippen molar-refractivity contribution in [1.29, 1.82) is 0 Å². The van der Waals surface area contributed by atoms with Crippen molar-refractivity contribution < 1.29 is 0 Å². The fourth-order valence-electron chi connectivity index (χ4n) is 3.58. The molecule has 1 heterocycles. The lowest BCUT2D eigenvalue weighted by Gasteiger charge is -2.28. The van der Waals surface area contributed by atoms with Crippen LogP contribution in [0.1, 0.15) is 74.7 Å². The van der Waals surface area contributed by atoms with Gasteiger partial charge in [-0.3, -0.25) is 0 Å². The maximum absolute atomic E-state index is 2.61. The zero-order valence-corrected chi connectivity index (χ0v) is 17.8. The first-order valence-corrected chi connectivity index (χ1v) is 11.0. The molecule has 0 amide bonds. The summed E-state index contributed by atoms with van der Waals surface area (Å²) in [6, 6.07) is 0. The predicted molar refractivity (Wildman–Crippen MR) is 108 cm³/mol. The van der Waals surface area contributed by atoms with Crippen molar-refractivity contribution in [3.8, 4) is 0 Å². The fraction of sp³-hybridized carbons (Fsp3) is 0.900. The maximum Gasteiger partial charge on any atom is 0.0714 e. The SMILES string of the molecule is C[C@@H](C/C=C(\C1SCCS1)[C@@H](C)CC(C)(C)C)CC(C)(C)C. The molecule has 22 heavy (non-hydrogen) atoms. The molecule has 0 saturated carbocycles. The van der Waals surface area contributed by atoms with Gasteiger partial charge in [-0.2, -0.15) is 0 Å². The van der Waals surface area contributed by atoms with E-state index in [-0.39, 0.29) is 0 Å². The van der Waals surface area contributed by atoms with Crippen LogP contribution in [0.2, 0.25) is 0 Å². The van der Waals surface area contributed by atoms with Gasteiger partial charge in [-0.25, -0.2) is 0 Å². The number of allylic oxidation sites excluding steroid dienone is 1. The minimum atomic E-state index is 0.420. The molecule has 0 aromatic heterocycles. The Balaban J connectivity index is 2.74. The van der Waals surface area contributed by atoms with Gasteiger partial charge < -0.3 is 0 Å². The zero-order chi connectivity index (χ0) is 17.0. The Morgan fingerprint density at radius 3 is 1.91 bits per heavy atom. The van der Waals surface area contributed by atoms with E-state index < -0.39 is 0 Å². The van der Waals surface area contributed by atoms with Gasteiger partial charge in [0.2, 0.25) is 0 Å². The lowest BCUT2D eigenvalue weighted by atomic mass is 9.81. The summed E-state index contributed by atoms with van der Waals surface area (Å²) in [4.78, 5) is 0. The molecule has 1 aliphatic heterocycles. The predicted octanol–water partition coefficient (Wildman–Crippen LogP) is 7.25. The molecule has 0 aliphatic carbocycles. The van der Waals surface area contributed by atoms with E-state index in [0.717, 1.165) is 10.5 Å². The van der Waals surface area contributed by atoms with E-state index in [9.17, 15) is 0 Å². The second kappa shape index (κ2) is 8.51. The summed E-state index contributed by atoms with van der Waals surface area (Å²) in [6.07, 6.45) is 6.47. The van der Waals surface area contributed by atoms with E-state index in [1.54, 1.807) is 5.57 Å². The quantitative estimate of drug-likeness (QED) is 0.466. The van der Waals surface area contributed by atoms with Gasteiger partial charge in [-0.05, 0) is 47.5 Å². The summed E-state index contributed by atoms with van der Waals surface area (Å²) in [5.74, 6) is 4.15. The molecular formula is C20H38S2. The highest BCUT2D eigenvalue weighted by Crippen LogP contribution is 2.43. The second-order valence-electron chi connectivity index (χ2n) is 9.55. The highest BCUT2D eigenvalue weighted by Gasteiger charge is 2.27. The first-order chi connectivity index (χ1) is 9.98. The summed E-state index contributed by atoms with van der Waals surface area (Å²) in [6.45, 7) is 19.1. The van der Waals surface area contributed by atoms with Crippen LogP contribution in [0.15, 0.2) is 11.6 Å². The van der Waals surface area contributed by atoms with E-state index in [4.69, 9.17) is 0 Å². The Hall–Kier alpha value is 0.440. The lowest BCUT2D eigenvalue weighted by molar-refractivity contribution is 0.306. The average Bonchev–Trinajstić information content (AvgIpc) is 2.77. The Morgan fingerprint density at radius 2 is 1.45 bits per heavy atom. The van der Waals surface area contributed by atoms with Crippen LogP contribution in [-0.2, 0) is 0 Å². The largest absolute Gasteiger partial charge is 0.142 e. The average molecular weight is 343 g/mol. The maximum atomic E-state index is 2.61. The van der Waals surface area contributed by atoms with Crippen LogP contribution >= 0.6 is 23.5 Å². The molecule has 0 bridgehead atoms. The Labute approximate surface area is 148 Å². The molecule has 2 heteroatoms. The Kier molecular flexibility index (Phi) is 7.93. The van der Waals surface area contributed by atoms with E-state index in [1.807, 2.05) is 0 Å². The smallest absolute Gasteiger partial charge is 0.0714 e. The molecule has 0 aromatic rings. The van der Waals surface area contributed by atoms with Gasteiger partial charge in [-0.15, -0.1) is 23.5 Å². The number of rotatable bonds is 6. The molecule has 0 spiro atoms. The van der Waals surface area contributed by atoms with Crippen molar-refractivity contribution in [1.82, 2.24) is 0 Å². The van der Waals surface area contributed by atoms with E-state index in [2.05, 4.69) is 85.0 Å². The molecule has 0 N–H and O–H groups in total. The van der Waals surface area contributed by atoms with Gasteiger partial charge in [0.15, 0.2) is 0 Å². The summed E-state index contributed by atoms with van der Waals surface area (Å²) < 4.78 is 0.721. The number of hydrogen-bond acceptors (Lipinski definition) is 2. The van der Waals surface area contributed by atoms with Crippen molar-refractivity contribution >= 4 is 23.5 Å². The Morgan fingerprint density at radius 1 is 0.955 bits per heavy atom. The third kappa shape index (κ3) is 8.34. The summed E-state index contributed by atoms with van der Waals surface area (Å²) in [5, 5.41) is 0. The van der Waals surface area contributed by atoms with Crippen LogP contribution in [-0.4, -0.2) is 16.1 Å². The summed E-state index contributed by atoms with van der Waals surface area (Å²) >= 11 is 4.33. The third-order valence-corrected chi connectivity index (χ3v) is 7.20. The molecule has 0 radical (unpaired) electrons. The van der Waals surface area contributed by atoms with Crippen LogP contribution < -0.4 is 0 Å². The lowest BCUT2D eigenvalue weighted by Crippen LogP contribution is -2.17. The van der Waals surface area contributed by atoms with E-state index in [1.165, 1.54) is 30.8 Å². The van der Waals surface area contributed by atoms with Gasteiger partial charge in [0, 0.05) is 11.5 Å². The molecule has 0 aromatic carbocycles. The molecule has 1 saturated heterocycles. The van der Waals surface area contributed by atoms with Crippen molar-refractivity contribution in [2.75, 3.05) is 11.5 Å². The van der Waals surface area contributed by atoms with Gasteiger partial charge in [0.25, 0.3) is 0 Å². The van der Waals surface area contributed by atoms with Crippen LogP contribution in [0.25, 0.3) is 0 Å². The van der Waals surface area contributed by atoms with Crippen molar-refractivity contribution in [2.24, 2.45) is 22.7 Å². The van der Waals surface area contributed by atoms with E-state index in [0.29, 0.717) is 16.7 Å². The number of thioether (sulfide) groups is 2. The fourth-order valence-corrected chi connectivity index (χ4v) is 6.79. The normalized spacial score (nSPS) is 21.2. The van der Waals surface area contributed by atoms with Crippen LogP contribution in [0.5, 0.6) is 0 Å². The molecule has 0 nitrogen and oxygen atoms in total. The summed E-state index contributed by atoms with van der Waals surface area (Å²) in [5.41, 5.74) is 2.59. The molecule has 1 fully saturated rings. The third-order valence-electron chi connectivity index (χ3n) is 4.10. The van der Waals surface area contributed by atoms with E-state index >= 15 is 0 Å². The molecule has 0 unspecified atom stereocenters. The molecule has 1 rings (SSSR count). The number of hydrogen-bond donors (Lipinski definition) is 0. The monoisotopic (exact) mass is 342 g/mol. The standard InChI is InChI=1S/C20H38S2/c1-15(13-19(3,4)5)9-10-17(18-21-11-12-22-18)16(2)14-20(6,7)8/h10,15-16,18H,9,11-14H2,1-8H3/b17-10-/t15-,16-/m0/s1. The van der Waals surface area contributed by atoms with Crippen LogP contribution in [0.3, 0.4) is 0 Å². The van der Waals surface area contributed by atoms with Gasteiger partial charge in [-0.1, -0.05) is 61.5 Å². The topological polar surface area (TPSA) is 0 Å². The van der Waals surface area contributed by atoms with Crippen molar-refractivity contribution in [2.45, 2.75) is 79.2 Å².